The number of allylic oxidation sites excluding steroid dienone is 1. The van der Waals surface area contributed by atoms with Crippen molar-refractivity contribution in [2.24, 2.45) is 5.73 Å². The Kier molecular flexibility index (Phi) is 4.56. The van der Waals surface area contributed by atoms with E-state index < -0.39 is 5.91 Å². The number of hydrogen-bond donors (Lipinski definition) is 2. The Morgan fingerprint density at radius 3 is 2.72 bits per heavy atom. The standard InChI is InChI=1S/C19H15N5.C3H5NO/c1-11-6-7-24-17(11)15(16-18(20)22-10-23-19(16)24)13-8-12-4-2-3-5-14(12)21-9-13;1-2-3(4)5/h2-5,8-10H,1,6-7H2,(H2,20,22,23);2H,1H2,(H2,4,5). The number of fused-ring (bicyclic) bond motifs is 4. The van der Waals surface area contributed by atoms with Crippen molar-refractivity contribution in [3.8, 4) is 11.1 Å². The number of aromatic nitrogens is 4. The van der Waals surface area contributed by atoms with Crippen molar-refractivity contribution in [1.29, 1.82) is 0 Å². The Morgan fingerprint density at radius 1 is 1.21 bits per heavy atom. The van der Waals surface area contributed by atoms with Gasteiger partial charge in [0.15, 0.2) is 0 Å². The Hall–Kier alpha value is -4.00. The van der Waals surface area contributed by atoms with Crippen LogP contribution in [0.25, 0.3) is 38.6 Å². The number of hydrogen-bond acceptors (Lipinski definition) is 5. The number of aryl methyl sites for hydroxylation is 1. The van der Waals surface area contributed by atoms with E-state index in [1.807, 2.05) is 24.4 Å². The van der Waals surface area contributed by atoms with Crippen molar-refractivity contribution < 1.29 is 4.79 Å². The molecule has 3 aromatic heterocycles. The van der Waals surface area contributed by atoms with Crippen molar-refractivity contribution in [3.63, 3.8) is 0 Å². The summed E-state index contributed by atoms with van der Waals surface area (Å²) in [5, 5.41) is 1.99. The third kappa shape index (κ3) is 3.12. The summed E-state index contributed by atoms with van der Waals surface area (Å²) in [7, 11) is 0. The molecule has 7 heteroatoms. The molecule has 0 bridgehead atoms. The van der Waals surface area contributed by atoms with Crippen molar-refractivity contribution in [3.05, 3.63) is 67.8 Å². The van der Waals surface area contributed by atoms with Crippen LogP contribution in [0.5, 0.6) is 0 Å². The van der Waals surface area contributed by atoms with Crippen LogP contribution in [-0.2, 0) is 11.3 Å². The van der Waals surface area contributed by atoms with Crippen molar-refractivity contribution in [2.45, 2.75) is 13.0 Å². The lowest BCUT2D eigenvalue weighted by Gasteiger charge is -2.06. The molecule has 0 atom stereocenters. The molecule has 0 fully saturated rings. The number of nitrogens with zero attached hydrogens (tertiary/aromatic N) is 4. The van der Waals surface area contributed by atoms with Crippen molar-refractivity contribution in [2.75, 3.05) is 5.73 Å². The van der Waals surface area contributed by atoms with Crippen LogP contribution < -0.4 is 11.5 Å². The van der Waals surface area contributed by atoms with E-state index in [1.54, 1.807) is 0 Å². The number of nitrogens with two attached hydrogens (primary N) is 2. The predicted octanol–water partition coefficient (Wildman–Crippen LogP) is 3.30. The lowest BCUT2D eigenvalue weighted by atomic mass is 9.99. The predicted molar refractivity (Wildman–Crippen MR) is 116 cm³/mol. The van der Waals surface area contributed by atoms with Gasteiger partial charge in [0.1, 0.15) is 17.8 Å². The average molecular weight is 384 g/mol. The van der Waals surface area contributed by atoms with E-state index in [0.29, 0.717) is 5.82 Å². The highest BCUT2D eigenvalue weighted by Gasteiger charge is 2.27. The fraction of sp³-hybridized carbons (Fsp3) is 0.0909. The number of para-hydroxylation sites is 1. The van der Waals surface area contributed by atoms with Gasteiger partial charge in [-0.05, 0) is 30.2 Å². The van der Waals surface area contributed by atoms with Gasteiger partial charge >= 0.3 is 0 Å². The van der Waals surface area contributed by atoms with E-state index in [4.69, 9.17) is 5.73 Å². The Bertz CT molecular complexity index is 1290. The molecular weight excluding hydrogens is 364 g/mol. The molecule has 0 saturated heterocycles. The highest BCUT2D eigenvalue weighted by Crippen LogP contribution is 2.43. The van der Waals surface area contributed by atoms with E-state index in [0.717, 1.165) is 63.4 Å². The monoisotopic (exact) mass is 384 g/mol. The molecule has 7 nitrogen and oxygen atoms in total. The van der Waals surface area contributed by atoms with E-state index in [2.05, 4.69) is 50.5 Å². The summed E-state index contributed by atoms with van der Waals surface area (Å²) in [5.74, 6) is 0.0165. The first-order chi connectivity index (χ1) is 14.0. The number of anilines is 1. The molecule has 0 unspecified atom stereocenters. The Balaban J connectivity index is 0.000000369. The molecule has 4 aromatic rings. The second-order valence-electron chi connectivity index (χ2n) is 6.71. The van der Waals surface area contributed by atoms with Crippen LogP contribution >= 0.6 is 0 Å². The lowest BCUT2D eigenvalue weighted by Crippen LogP contribution is -2.04. The maximum Gasteiger partial charge on any atom is 0.240 e. The van der Waals surface area contributed by atoms with E-state index in [-0.39, 0.29) is 0 Å². The molecule has 1 aliphatic heterocycles. The molecule has 0 saturated carbocycles. The molecule has 4 N–H and O–H groups in total. The molecule has 144 valence electrons. The highest BCUT2D eigenvalue weighted by molar-refractivity contribution is 6.07. The molecule has 4 heterocycles. The summed E-state index contributed by atoms with van der Waals surface area (Å²) in [6, 6.07) is 10.2. The first-order valence-corrected chi connectivity index (χ1v) is 9.09. The SMILES string of the molecule is C=C1CCn2c1c(-c1cnc3ccccc3c1)c1c(N)ncnc12.C=CC(N)=O. The number of primary amides is 1. The minimum atomic E-state index is -0.481. The summed E-state index contributed by atoms with van der Waals surface area (Å²) >= 11 is 0. The number of amides is 1. The zero-order chi connectivity index (χ0) is 20.5. The van der Waals surface area contributed by atoms with Crippen molar-refractivity contribution >= 4 is 39.2 Å². The summed E-state index contributed by atoms with van der Waals surface area (Å²) < 4.78 is 2.19. The Labute approximate surface area is 167 Å². The van der Waals surface area contributed by atoms with Gasteiger partial charge in [0.2, 0.25) is 5.91 Å². The molecule has 0 spiro atoms. The number of carbonyl (C=O) groups is 1. The first-order valence-electron chi connectivity index (χ1n) is 9.09. The third-order valence-corrected chi connectivity index (χ3v) is 4.92. The zero-order valence-corrected chi connectivity index (χ0v) is 15.8. The van der Waals surface area contributed by atoms with Crippen LogP contribution in [0.1, 0.15) is 12.1 Å². The summed E-state index contributed by atoms with van der Waals surface area (Å²) in [4.78, 5) is 22.7. The zero-order valence-electron chi connectivity index (χ0n) is 15.8. The minimum absolute atomic E-state index is 0.481. The van der Waals surface area contributed by atoms with Crippen LogP contribution in [0.2, 0.25) is 0 Å². The van der Waals surface area contributed by atoms with Gasteiger partial charge < -0.3 is 16.0 Å². The van der Waals surface area contributed by atoms with E-state index >= 15 is 0 Å². The molecule has 0 aliphatic carbocycles. The summed E-state index contributed by atoms with van der Waals surface area (Å²) in [6.07, 6.45) is 5.41. The second kappa shape index (κ2) is 7.20. The molecular formula is C22H20N6O. The number of pyridine rings is 1. The average Bonchev–Trinajstić information content (AvgIpc) is 3.27. The fourth-order valence-corrected chi connectivity index (χ4v) is 3.63. The van der Waals surface area contributed by atoms with E-state index in [1.165, 1.54) is 6.33 Å². The largest absolute Gasteiger partial charge is 0.383 e. The van der Waals surface area contributed by atoms with Gasteiger partial charge in [-0.15, -0.1) is 0 Å². The Morgan fingerprint density at radius 2 is 1.97 bits per heavy atom. The second-order valence-corrected chi connectivity index (χ2v) is 6.71. The van der Waals surface area contributed by atoms with Crippen LogP contribution in [0, 0.1) is 0 Å². The van der Waals surface area contributed by atoms with Crippen LogP contribution in [0.15, 0.2) is 62.1 Å². The maximum absolute atomic E-state index is 9.47. The molecule has 29 heavy (non-hydrogen) atoms. The van der Waals surface area contributed by atoms with Gasteiger partial charge in [-0.1, -0.05) is 31.4 Å². The van der Waals surface area contributed by atoms with Crippen LogP contribution in [0.3, 0.4) is 0 Å². The molecule has 1 aliphatic rings. The lowest BCUT2D eigenvalue weighted by molar-refractivity contribution is -0.113. The fourth-order valence-electron chi connectivity index (χ4n) is 3.63. The van der Waals surface area contributed by atoms with E-state index in [9.17, 15) is 4.79 Å². The minimum Gasteiger partial charge on any atom is -0.383 e. The molecule has 1 aromatic carbocycles. The summed E-state index contributed by atoms with van der Waals surface area (Å²) in [6.45, 7) is 8.20. The van der Waals surface area contributed by atoms with Crippen molar-refractivity contribution in [1.82, 2.24) is 19.5 Å². The third-order valence-electron chi connectivity index (χ3n) is 4.92. The van der Waals surface area contributed by atoms with Crippen LogP contribution in [-0.4, -0.2) is 25.4 Å². The first kappa shape index (κ1) is 18.4. The summed E-state index contributed by atoms with van der Waals surface area (Å²) in [5.41, 5.74) is 16.9. The van der Waals surface area contributed by atoms with Gasteiger partial charge in [0.05, 0.1) is 16.6 Å². The van der Waals surface area contributed by atoms with Gasteiger partial charge in [-0.3, -0.25) is 9.78 Å². The van der Waals surface area contributed by atoms with Gasteiger partial charge in [0, 0.05) is 29.3 Å². The molecule has 1 amide bonds. The smallest absolute Gasteiger partial charge is 0.240 e. The molecule has 5 rings (SSSR count). The van der Waals surface area contributed by atoms with Gasteiger partial charge in [0.25, 0.3) is 0 Å². The van der Waals surface area contributed by atoms with Crippen LogP contribution in [0.4, 0.5) is 5.82 Å². The number of rotatable bonds is 2. The normalized spacial score (nSPS) is 12.5. The number of carbonyl (C=O) groups excluding carboxylic acids is 1. The number of benzene rings is 1. The maximum atomic E-state index is 9.47. The number of nitrogen functional groups attached to an aromatic ring is 1. The van der Waals surface area contributed by atoms with Gasteiger partial charge in [-0.25, -0.2) is 9.97 Å². The van der Waals surface area contributed by atoms with Gasteiger partial charge in [-0.2, -0.15) is 0 Å². The highest BCUT2D eigenvalue weighted by atomic mass is 16.1. The topological polar surface area (TPSA) is 113 Å². The molecule has 0 radical (unpaired) electrons. The quantitative estimate of drug-likeness (QED) is 0.515.